The molecule has 2 N–H and O–H groups in total. The van der Waals surface area contributed by atoms with Crippen LogP contribution in [0.25, 0.3) is 0 Å². The number of nitrogens with two attached hydrogens (primary N) is 1. The molecule has 0 saturated heterocycles. The van der Waals surface area contributed by atoms with Crippen LogP contribution in [0, 0.1) is 5.41 Å². The first-order chi connectivity index (χ1) is 7.13. The lowest BCUT2D eigenvalue weighted by Crippen LogP contribution is -1.99. The second-order valence-electron chi connectivity index (χ2n) is 5.04. The van der Waals surface area contributed by atoms with E-state index in [1.807, 2.05) is 0 Å². The molecule has 2 rings (SSSR count). The Balaban J connectivity index is 1.88. The van der Waals surface area contributed by atoms with E-state index in [-0.39, 0.29) is 0 Å². The average molecular weight is 209 g/mol. The van der Waals surface area contributed by atoms with Crippen molar-refractivity contribution < 1.29 is 4.52 Å². The van der Waals surface area contributed by atoms with E-state index in [1.165, 1.54) is 6.42 Å². The van der Waals surface area contributed by atoms with Crippen molar-refractivity contribution in [2.75, 3.05) is 6.54 Å². The highest BCUT2D eigenvalue weighted by Gasteiger charge is 2.49. The minimum atomic E-state index is 0.373. The zero-order valence-electron chi connectivity index (χ0n) is 9.49. The lowest BCUT2D eigenvalue weighted by atomic mass is 10.1. The van der Waals surface area contributed by atoms with Crippen molar-refractivity contribution in [3.8, 4) is 0 Å². The Hall–Kier alpha value is -0.900. The molecule has 1 aromatic heterocycles. The van der Waals surface area contributed by atoms with Gasteiger partial charge in [-0.25, -0.2) is 0 Å². The molecule has 1 aromatic rings. The van der Waals surface area contributed by atoms with E-state index in [4.69, 9.17) is 10.3 Å². The third-order valence-electron chi connectivity index (χ3n) is 3.15. The monoisotopic (exact) mass is 209 g/mol. The number of rotatable bonds is 5. The SMILES string of the molecule is CC1(C)CC1c1noc(CCCCN)n1. The summed E-state index contributed by atoms with van der Waals surface area (Å²) in [5.74, 6) is 2.16. The maximum Gasteiger partial charge on any atom is 0.226 e. The van der Waals surface area contributed by atoms with E-state index < -0.39 is 0 Å². The highest BCUT2D eigenvalue weighted by Crippen LogP contribution is 2.57. The summed E-state index contributed by atoms with van der Waals surface area (Å²) in [6, 6.07) is 0. The molecule has 0 bridgehead atoms. The van der Waals surface area contributed by atoms with Crippen molar-refractivity contribution >= 4 is 0 Å². The van der Waals surface area contributed by atoms with Gasteiger partial charge in [-0.05, 0) is 31.2 Å². The Kier molecular flexibility index (Phi) is 2.78. The van der Waals surface area contributed by atoms with Crippen LogP contribution in [0.3, 0.4) is 0 Å². The van der Waals surface area contributed by atoms with Gasteiger partial charge >= 0.3 is 0 Å². The highest BCUT2D eigenvalue weighted by molar-refractivity contribution is 5.14. The smallest absolute Gasteiger partial charge is 0.226 e. The van der Waals surface area contributed by atoms with Gasteiger partial charge in [0, 0.05) is 12.3 Å². The highest BCUT2D eigenvalue weighted by atomic mass is 16.5. The van der Waals surface area contributed by atoms with Crippen LogP contribution in [0.4, 0.5) is 0 Å². The first kappa shape index (κ1) is 10.6. The van der Waals surface area contributed by atoms with Gasteiger partial charge in [0.2, 0.25) is 5.89 Å². The van der Waals surface area contributed by atoms with Crippen molar-refractivity contribution in [1.29, 1.82) is 0 Å². The molecular formula is C11H19N3O. The Morgan fingerprint density at radius 3 is 2.80 bits per heavy atom. The Labute approximate surface area is 90.2 Å². The van der Waals surface area contributed by atoms with Gasteiger partial charge in [0.25, 0.3) is 0 Å². The molecule has 1 unspecified atom stereocenters. The van der Waals surface area contributed by atoms with Gasteiger partial charge in [-0.15, -0.1) is 0 Å². The number of unbranched alkanes of at least 4 members (excludes halogenated alkanes) is 1. The van der Waals surface area contributed by atoms with Crippen molar-refractivity contribution in [2.45, 2.75) is 45.4 Å². The van der Waals surface area contributed by atoms with Crippen LogP contribution in [-0.2, 0) is 6.42 Å². The summed E-state index contributed by atoms with van der Waals surface area (Å²) < 4.78 is 5.20. The molecule has 1 saturated carbocycles. The molecular weight excluding hydrogens is 190 g/mol. The van der Waals surface area contributed by atoms with Gasteiger partial charge < -0.3 is 10.3 Å². The van der Waals surface area contributed by atoms with Crippen molar-refractivity contribution in [2.24, 2.45) is 11.1 Å². The van der Waals surface area contributed by atoms with Crippen LogP contribution in [0.1, 0.15) is 50.7 Å². The lowest BCUT2D eigenvalue weighted by molar-refractivity contribution is 0.368. The molecule has 0 aliphatic heterocycles. The van der Waals surface area contributed by atoms with E-state index in [0.717, 1.165) is 37.5 Å². The second kappa shape index (κ2) is 3.93. The van der Waals surface area contributed by atoms with Crippen LogP contribution in [-0.4, -0.2) is 16.7 Å². The van der Waals surface area contributed by atoms with Crippen LogP contribution >= 0.6 is 0 Å². The Morgan fingerprint density at radius 1 is 1.47 bits per heavy atom. The summed E-state index contributed by atoms with van der Waals surface area (Å²) in [4.78, 5) is 4.42. The normalized spacial score (nSPS) is 23.0. The van der Waals surface area contributed by atoms with Gasteiger partial charge in [-0.2, -0.15) is 4.98 Å². The van der Waals surface area contributed by atoms with E-state index in [0.29, 0.717) is 11.3 Å². The maximum absolute atomic E-state index is 5.43. The van der Waals surface area contributed by atoms with E-state index in [9.17, 15) is 0 Å². The Bertz CT molecular complexity index is 332. The molecule has 0 spiro atoms. The van der Waals surface area contributed by atoms with Crippen LogP contribution in [0.2, 0.25) is 0 Å². The van der Waals surface area contributed by atoms with Crippen LogP contribution in [0.15, 0.2) is 4.52 Å². The quantitative estimate of drug-likeness (QED) is 0.752. The topological polar surface area (TPSA) is 64.9 Å². The summed E-state index contributed by atoms with van der Waals surface area (Å²) in [6.45, 7) is 5.21. The second-order valence-corrected chi connectivity index (χ2v) is 5.04. The first-order valence-corrected chi connectivity index (χ1v) is 5.66. The fourth-order valence-electron chi connectivity index (χ4n) is 1.84. The van der Waals surface area contributed by atoms with Crippen LogP contribution < -0.4 is 5.73 Å². The minimum Gasteiger partial charge on any atom is -0.339 e. The molecule has 1 aliphatic carbocycles. The summed E-state index contributed by atoms with van der Waals surface area (Å²) in [6.07, 6.45) is 4.09. The third kappa shape index (κ3) is 2.37. The van der Waals surface area contributed by atoms with Crippen LogP contribution in [0.5, 0.6) is 0 Å². The van der Waals surface area contributed by atoms with Gasteiger partial charge in [-0.1, -0.05) is 19.0 Å². The summed E-state index contributed by atoms with van der Waals surface area (Å²) in [7, 11) is 0. The molecule has 84 valence electrons. The van der Waals surface area contributed by atoms with Crippen molar-refractivity contribution in [1.82, 2.24) is 10.1 Å². The predicted molar refractivity (Wildman–Crippen MR) is 57.4 cm³/mol. The molecule has 1 fully saturated rings. The largest absolute Gasteiger partial charge is 0.339 e. The summed E-state index contributed by atoms with van der Waals surface area (Å²) in [5.41, 5.74) is 5.80. The zero-order chi connectivity index (χ0) is 10.9. The number of hydrogen-bond acceptors (Lipinski definition) is 4. The van der Waals surface area contributed by atoms with Crippen molar-refractivity contribution in [3.63, 3.8) is 0 Å². The van der Waals surface area contributed by atoms with E-state index in [1.54, 1.807) is 0 Å². The van der Waals surface area contributed by atoms with Gasteiger partial charge in [0.1, 0.15) is 0 Å². The van der Waals surface area contributed by atoms with Crippen molar-refractivity contribution in [3.05, 3.63) is 11.7 Å². The first-order valence-electron chi connectivity index (χ1n) is 5.66. The molecule has 15 heavy (non-hydrogen) atoms. The molecule has 4 heteroatoms. The molecule has 1 aliphatic rings. The number of nitrogens with zero attached hydrogens (tertiary/aromatic N) is 2. The van der Waals surface area contributed by atoms with Gasteiger partial charge in [0.15, 0.2) is 5.82 Å². The molecule has 1 heterocycles. The number of aryl methyl sites for hydroxylation is 1. The van der Waals surface area contributed by atoms with Gasteiger partial charge in [0.05, 0.1) is 0 Å². The fraction of sp³-hybridized carbons (Fsp3) is 0.818. The molecule has 4 nitrogen and oxygen atoms in total. The minimum absolute atomic E-state index is 0.373. The van der Waals surface area contributed by atoms with Gasteiger partial charge in [-0.3, -0.25) is 0 Å². The molecule has 1 atom stereocenters. The number of aromatic nitrogens is 2. The molecule has 0 radical (unpaired) electrons. The summed E-state index contributed by atoms with van der Waals surface area (Å²) in [5, 5.41) is 4.04. The molecule has 0 aromatic carbocycles. The fourth-order valence-corrected chi connectivity index (χ4v) is 1.84. The number of hydrogen-bond donors (Lipinski definition) is 1. The third-order valence-corrected chi connectivity index (χ3v) is 3.15. The molecule has 0 amide bonds. The van der Waals surface area contributed by atoms with E-state index in [2.05, 4.69) is 24.0 Å². The standard InChI is InChI=1S/C11H19N3O/c1-11(2)7-8(11)10-13-9(15-14-10)5-3-4-6-12/h8H,3-7,12H2,1-2H3. The zero-order valence-corrected chi connectivity index (χ0v) is 9.49. The average Bonchev–Trinajstić information content (AvgIpc) is 2.64. The Morgan fingerprint density at radius 2 is 2.20 bits per heavy atom. The maximum atomic E-state index is 5.43. The van der Waals surface area contributed by atoms with E-state index >= 15 is 0 Å². The lowest BCUT2D eigenvalue weighted by Gasteiger charge is -1.95. The summed E-state index contributed by atoms with van der Waals surface area (Å²) >= 11 is 0. The predicted octanol–water partition coefficient (Wildman–Crippen LogP) is 1.86.